The summed E-state index contributed by atoms with van der Waals surface area (Å²) in [5.41, 5.74) is 5.40. The molecule has 0 fully saturated rings. The first-order valence-corrected chi connectivity index (χ1v) is 5.80. The maximum atomic E-state index is 11.1. The predicted molar refractivity (Wildman–Crippen MR) is 65.3 cm³/mol. The summed E-state index contributed by atoms with van der Waals surface area (Å²) in [6, 6.07) is 2.31. The molecule has 0 aliphatic carbocycles. The Kier molecular flexibility index (Phi) is 5.06. The highest BCUT2D eigenvalue weighted by Crippen LogP contribution is 2.15. The monoisotopic (exact) mass is 287 g/mol. The van der Waals surface area contributed by atoms with Crippen molar-refractivity contribution in [2.24, 2.45) is 10.9 Å². The van der Waals surface area contributed by atoms with Crippen molar-refractivity contribution in [1.29, 1.82) is 0 Å². The van der Waals surface area contributed by atoms with Crippen molar-refractivity contribution in [2.75, 3.05) is 5.75 Å². The van der Waals surface area contributed by atoms with Crippen molar-refractivity contribution in [3.8, 4) is 0 Å². The SMILES string of the molecule is CC(=O)SCC(=O)O/N=C(\N)c1ccc([N+](=O)[O-])o1. The van der Waals surface area contributed by atoms with E-state index in [4.69, 9.17) is 10.2 Å². The zero-order valence-electron chi connectivity index (χ0n) is 9.69. The molecule has 19 heavy (non-hydrogen) atoms. The van der Waals surface area contributed by atoms with Crippen LogP contribution in [0.2, 0.25) is 0 Å². The third kappa shape index (κ3) is 4.79. The molecular weight excluding hydrogens is 278 g/mol. The molecule has 1 heterocycles. The van der Waals surface area contributed by atoms with Crippen molar-refractivity contribution in [3.05, 3.63) is 28.0 Å². The van der Waals surface area contributed by atoms with Crippen LogP contribution in [0.5, 0.6) is 0 Å². The molecule has 0 aromatic carbocycles. The molecular formula is C9H9N3O6S. The summed E-state index contributed by atoms with van der Waals surface area (Å²) in [5, 5.41) is 13.4. The third-order valence-corrected chi connectivity index (χ3v) is 2.45. The van der Waals surface area contributed by atoms with Crippen LogP contribution in [0.1, 0.15) is 12.7 Å². The van der Waals surface area contributed by atoms with Gasteiger partial charge in [-0.1, -0.05) is 16.9 Å². The minimum Gasteiger partial charge on any atom is -0.397 e. The Morgan fingerprint density at radius 1 is 1.58 bits per heavy atom. The highest BCUT2D eigenvalue weighted by atomic mass is 32.2. The first kappa shape index (κ1) is 14.7. The van der Waals surface area contributed by atoms with Gasteiger partial charge >= 0.3 is 11.9 Å². The van der Waals surface area contributed by atoms with Gasteiger partial charge in [0.05, 0.1) is 6.07 Å². The molecule has 9 nitrogen and oxygen atoms in total. The van der Waals surface area contributed by atoms with E-state index in [1.54, 1.807) is 0 Å². The molecule has 102 valence electrons. The van der Waals surface area contributed by atoms with Crippen molar-refractivity contribution in [3.63, 3.8) is 0 Å². The van der Waals surface area contributed by atoms with Gasteiger partial charge in [-0.3, -0.25) is 14.9 Å². The maximum absolute atomic E-state index is 11.1. The topological polar surface area (TPSA) is 138 Å². The highest BCUT2D eigenvalue weighted by molar-refractivity contribution is 8.14. The molecule has 0 atom stereocenters. The van der Waals surface area contributed by atoms with E-state index in [2.05, 4.69) is 9.99 Å². The van der Waals surface area contributed by atoms with Gasteiger partial charge in [-0.2, -0.15) is 0 Å². The van der Waals surface area contributed by atoms with Crippen LogP contribution in [0.4, 0.5) is 5.88 Å². The predicted octanol–water partition coefficient (Wildman–Crippen LogP) is 0.631. The van der Waals surface area contributed by atoms with E-state index >= 15 is 0 Å². The lowest BCUT2D eigenvalue weighted by molar-refractivity contribution is -0.402. The summed E-state index contributed by atoms with van der Waals surface area (Å²) in [5.74, 6) is -1.91. The van der Waals surface area contributed by atoms with E-state index in [-0.39, 0.29) is 22.5 Å². The van der Waals surface area contributed by atoms with Crippen molar-refractivity contribution in [1.82, 2.24) is 0 Å². The number of hydrogen-bond acceptors (Lipinski definition) is 8. The van der Waals surface area contributed by atoms with E-state index in [0.29, 0.717) is 0 Å². The van der Waals surface area contributed by atoms with Crippen LogP contribution in [0, 0.1) is 10.1 Å². The molecule has 0 radical (unpaired) electrons. The number of nitrogens with zero attached hydrogens (tertiary/aromatic N) is 2. The Morgan fingerprint density at radius 3 is 2.79 bits per heavy atom. The van der Waals surface area contributed by atoms with E-state index < -0.39 is 16.8 Å². The third-order valence-electron chi connectivity index (χ3n) is 1.66. The lowest BCUT2D eigenvalue weighted by Gasteiger charge is -1.97. The number of rotatable bonds is 5. The van der Waals surface area contributed by atoms with Gasteiger partial charge in [-0.15, -0.1) is 0 Å². The van der Waals surface area contributed by atoms with Gasteiger partial charge in [0.2, 0.25) is 5.84 Å². The Morgan fingerprint density at radius 2 is 2.26 bits per heavy atom. The molecule has 0 bridgehead atoms. The Hall–Kier alpha value is -2.36. The summed E-state index contributed by atoms with van der Waals surface area (Å²) in [6.07, 6.45) is 0. The normalized spacial score (nSPS) is 11.1. The number of amidine groups is 1. The molecule has 1 aromatic heterocycles. The number of nitro groups is 1. The van der Waals surface area contributed by atoms with Crippen molar-refractivity contribution < 1.29 is 23.8 Å². The van der Waals surface area contributed by atoms with Gasteiger partial charge in [0.15, 0.2) is 10.9 Å². The van der Waals surface area contributed by atoms with E-state index in [1.165, 1.54) is 13.0 Å². The Balaban J connectivity index is 2.58. The van der Waals surface area contributed by atoms with Crippen LogP contribution >= 0.6 is 11.8 Å². The van der Waals surface area contributed by atoms with Gasteiger partial charge < -0.3 is 15.0 Å². The van der Waals surface area contributed by atoms with Crippen LogP contribution in [-0.2, 0) is 14.4 Å². The number of nitrogens with two attached hydrogens (primary N) is 1. The van der Waals surface area contributed by atoms with E-state index in [0.717, 1.165) is 17.8 Å². The zero-order chi connectivity index (χ0) is 14.4. The number of hydrogen-bond donors (Lipinski definition) is 1. The number of oxime groups is 1. The first-order chi connectivity index (χ1) is 8.90. The summed E-state index contributed by atoms with van der Waals surface area (Å²) in [4.78, 5) is 35.7. The largest absolute Gasteiger partial charge is 0.433 e. The molecule has 0 spiro atoms. The molecule has 0 aliphatic rings. The van der Waals surface area contributed by atoms with Crippen LogP contribution in [-0.4, -0.2) is 27.6 Å². The summed E-state index contributed by atoms with van der Waals surface area (Å²) < 4.78 is 4.73. The van der Waals surface area contributed by atoms with Crippen molar-refractivity contribution in [2.45, 2.75) is 6.92 Å². The number of carbonyl (C=O) groups is 2. The van der Waals surface area contributed by atoms with E-state index in [9.17, 15) is 19.7 Å². The molecule has 10 heteroatoms. The minimum atomic E-state index is -0.774. The van der Waals surface area contributed by atoms with Gasteiger partial charge in [0.25, 0.3) is 0 Å². The smallest absolute Gasteiger partial charge is 0.397 e. The number of thioether (sulfide) groups is 1. The second-order valence-electron chi connectivity index (χ2n) is 3.12. The van der Waals surface area contributed by atoms with Crippen molar-refractivity contribution >= 4 is 34.6 Å². The molecule has 0 unspecified atom stereocenters. The van der Waals surface area contributed by atoms with Gasteiger partial charge in [-0.05, 0) is 6.07 Å². The fourth-order valence-corrected chi connectivity index (χ4v) is 1.27. The number of carbonyl (C=O) groups excluding carboxylic acids is 2. The fourth-order valence-electron chi connectivity index (χ4n) is 0.895. The molecule has 0 amide bonds. The first-order valence-electron chi connectivity index (χ1n) is 4.81. The van der Waals surface area contributed by atoms with Crippen LogP contribution in [0.3, 0.4) is 0 Å². The second-order valence-corrected chi connectivity index (χ2v) is 4.27. The quantitative estimate of drug-likeness (QED) is 0.273. The lowest BCUT2D eigenvalue weighted by atomic mass is 10.4. The Labute approximate surface area is 110 Å². The zero-order valence-corrected chi connectivity index (χ0v) is 10.5. The molecule has 0 saturated heterocycles. The van der Waals surface area contributed by atoms with E-state index in [1.807, 2.05) is 0 Å². The van der Waals surface area contributed by atoms with Crippen LogP contribution in [0.25, 0.3) is 0 Å². The standard InChI is InChI=1S/C9H9N3O6S/c1-5(13)19-4-8(14)18-11-9(10)6-2-3-7(17-6)12(15)16/h2-3H,4H2,1H3,(H2,10,11). The molecule has 0 aliphatic heterocycles. The van der Waals surface area contributed by atoms with Gasteiger partial charge in [-0.25, -0.2) is 4.79 Å². The lowest BCUT2D eigenvalue weighted by Crippen LogP contribution is -2.15. The summed E-state index contributed by atoms with van der Waals surface area (Å²) in [6.45, 7) is 1.30. The van der Waals surface area contributed by atoms with Gasteiger partial charge in [0.1, 0.15) is 10.7 Å². The average Bonchev–Trinajstić information content (AvgIpc) is 2.83. The summed E-state index contributed by atoms with van der Waals surface area (Å²) in [7, 11) is 0. The molecule has 1 rings (SSSR count). The second kappa shape index (κ2) is 6.54. The molecule has 2 N–H and O–H groups in total. The fraction of sp³-hybridized carbons (Fsp3) is 0.222. The highest BCUT2D eigenvalue weighted by Gasteiger charge is 2.15. The van der Waals surface area contributed by atoms with Crippen LogP contribution in [0.15, 0.2) is 21.7 Å². The maximum Gasteiger partial charge on any atom is 0.433 e. The van der Waals surface area contributed by atoms with Gasteiger partial charge in [0, 0.05) is 6.92 Å². The summed E-state index contributed by atoms with van der Waals surface area (Å²) >= 11 is 0.759. The number of furan rings is 1. The minimum absolute atomic E-state index is 0.0984. The molecule has 0 saturated carbocycles. The average molecular weight is 287 g/mol. The Bertz CT molecular complexity index is 538. The molecule has 1 aromatic rings. The van der Waals surface area contributed by atoms with Crippen LogP contribution < -0.4 is 5.73 Å².